The van der Waals surface area contributed by atoms with E-state index in [9.17, 15) is 14.7 Å². The highest BCUT2D eigenvalue weighted by atomic mass is 16.7. The summed E-state index contributed by atoms with van der Waals surface area (Å²) in [5.74, 6) is -1.09. The standard InChI is InChI=1S/C17H18N2O5/c1-8-6-9-7-10(19(2)3)4-5-11(9)13-12(8)14(20)15(16(21)18-13)24-17(22)23/h4-5,7-8H,6H2,1-3H3,(H,22,23)(H2,18,20,21). The first kappa shape index (κ1) is 15.9. The second-order valence-corrected chi connectivity index (χ2v) is 6.13. The van der Waals surface area contributed by atoms with Crippen LogP contribution in [-0.2, 0) is 6.42 Å². The minimum Gasteiger partial charge on any atom is -0.504 e. The van der Waals surface area contributed by atoms with Crippen molar-refractivity contribution < 1.29 is 19.7 Å². The number of hydrogen-bond acceptors (Lipinski definition) is 5. The number of hydrogen-bond donors (Lipinski definition) is 3. The smallest absolute Gasteiger partial charge is 0.504 e. The number of benzene rings is 1. The molecule has 7 nitrogen and oxygen atoms in total. The van der Waals surface area contributed by atoms with Crippen LogP contribution in [0.3, 0.4) is 0 Å². The number of aromatic amines is 1. The van der Waals surface area contributed by atoms with Crippen LogP contribution in [0.4, 0.5) is 10.5 Å². The van der Waals surface area contributed by atoms with Crippen molar-refractivity contribution >= 4 is 11.8 Å². The zero-order valence-corrected chi connectivity index (χ0v) is 13.6. The average molecular weight is 330 g/mol. The SMILES string of the molecule is CC1Cc2cc(N(C)C)ccc2-c2[nH]c(=O)c(OC(=O)O)c(O)c21. The maximum atomic E-state index is 12.1. The molecule has 24 heavy (non-hydrogen) atoms. The summed E-state index contributed by atoms with van der Waals surface area (Å²) in [6.45, 7) is 1.91. The van der Waals surface area contributed by atoms with E-state index in [4.69, 9.17) is 5.11 Å². The van der Waals surface area contributed by atoms with E-state index in [1.165, 1.54) is 0 Å². The Balaban J connectivity index is 2.23. The molecule has 0 bridgehead atoms. The second-order valence-electron chi connectivity index (χ2n) is 6.13. The Hall–Kier alpha value is -2.96. The van der Waals surface area contributed by atoms with Gasteiger partial charge in [-0.05, 0) is 30.0 Å². The van der Waals surface area contributed by atoms with Gasteiger partial charge in [-0.25, -0.2) is 4.79 Å². The molecule has 126 valence electrons. The second kappa shape index (κ2) is 5.59. The van der Waals surface area contributed by atoms with Crippen molar-refractivity contribution in [2.45, 2.75) is 19.3 Å². The van der Waals surface area contributed by atoms with Crippen LogP contribution in [0.2, 0.25) is 0 Å². The molecule has 1 aromatic carbocycles. The molecule has 1 heterocycles. The van der Waals surface area contributed by atoms with Gasteiger partial charge in [0.1, 0.15) is 0 Å². The van der Waals surface area contributed by atoms with E-state index in [-0.39, 0.29) is 5.92 Å². The van der Waals surface area contributed by atoms with Crippen LogP contribution in [0.25, 0.3) is 11.3 Å². The summed E-state index contributed by atoms with van der Waals surface area (Å²) in [6, 6.07) is 5.86. The maximum absolute atomic E-state index is 12.1. The molecular formula is C17H18N2O5. The summed E-state index contributed by atoms with van der Waals surface area (Å²) in [7, 11) is 3.90. The molecule has 1 aromatic heterocycles. The highest BCUT2D eigenvalue weighted by molar-refractivity contribution is 5.77. The molecule has 3 rings (SSSR count). The Morgan fingerprint density at radius 2 is 2.08 bits per heavy atom. The van der Waals surface area contributed by atoms with Crippen LogP contribution in [0.5, 0.6) is 11.5 Å². The average Bonchev–Trinajstić information content (AvgIpc) is 2.50. The summed E-state index contributed by atoms with van der Waals surface area (Å²) >= 11 is 0. The van der Waals surface area contributed by atoms with Crippen molar-refractivity contribution in [3.8, 4) is 22.8 Å². The van der Waals surface area contributed by atoms with Gasteiger partial charge in [0, 0.05) is 30.9 Å². The summed E-state index contributed by atoms with van der Waals surface area (Å²) in [4.78, 5) is 27.5. The van der Waals surface area contributed by atoms with Gasteiger partial charge in [0.25, 0.3) is 5.56 Å². The molecule has 1 aliphatic rings. The van der Waals surface area contributed by atoms with Gasteiger partial charge in [0.05, 0.1) is 5.69 Å². The molecule has 2 aromatic rings. The van der Waals surface area contributed by atoms with E-state index >= 15 is 0 Å². The molecule has 1 atom stereocenters. The van der Waals surface area contributed by atoms with Crippen LogP contribution in [0, 0.1) is 0 Å². The molecule has 0 saturated carbocycles. The van der Waals surface area contributed by atoms with Crippen molar-refractivity contribution in [2.75, 3.05) is 19.0 Å². The van der Waals surface area contributed by atoms with Gasteiger partial charge in [-0.3, -0.25) is 4.79 Å². The number of fused-ring (bicyclic) bond motifs is 3. The predicted octanol–water partition coefficient (Wildman–Crippen LogP) is 2.53. The van der Waals surface area contributed by atoms with E-state index in [1.54, 1.807) is 0 Å². The number of aromatic nitrogens is 1. The lowest BCUT2D eigenvalue weighted by Crippen LogP contribution is -2.21. The third-order valence-electron chi connectivity index (χ3n) is 4.27. The van der Waals surface area contributed by atoms with Crippen LogP contribution < -0.4 is 15.2 Å². The molecule has 1 unspecified atom stereocenters. The first-order valence-corrected chi connectivity index (χ1v) is 7.50. The predicted molar refractivity (Wildman–Crippen MR) is 89.3 cm³/mol. The maximum Gasteiger partial charge on any atom is 0.511 e. The van der Waals surface area contributed by atoms with Gasteiger partial charge in [-0.1, -0.05) is 13.0 Å². The zero-order valence-electron chi connectivity index (χ0n) is 13.6. The quantitative estimate of drug-likeness (QED) is 0.731. The summed E-state index contributed by atoms with van der Waals surface area (Å²) < 4.78 is 4.44. The van der Waals surface area contributed by atoms with Gasteiger partial charge in [-0.2, -0.15) is 0 Å². The van der Waals surface area contributed by atoms with E-state index < -0.39 is 23.2 Å². The molecule has 7 heteroatoms. The number of carbonyl (C=O) groups is 1. The first-order chi connectivity index (χ1) is 11.3. The monoisotopic (exact) mass is 330 g/mol. The Labute approximate surface area is 138 Å². The lowest BCUT2D eigenvalue weighted by molar-refractivity contribution is 0.142. The summed E-state index contributed by atoms with van der Waals surface area (Å²) in [5, 5.41) is 19.1. The van der Waals surface area contributed by atoms with Crippen molar-refractivity contribution in [1.82, 2.24) is 4.98 Å². The number of rotatable bonds is 2. The van der Waals surface area contributed by atoms with E-state index in [1.807, 2.05) is 44.1 Å². The molecule has 3 N–H and O–H groups in total. The van der Waals surface area contributed by atoms with E-state index in [0.29, 0.717) is 17.7 Å². The molecule has 0 radical (unpaired) electrons. The number of H-pyrrole nitrogens is 1. The molecule has 0 aliphatic heterocycles. The Morgan fingerprint density at radius 3 is 2.71 bits per heavy atom. The number of carboxylic acid groups (broad SMARTS) is 1. The normalized spacial score (nSPS) is 15.4. The lowest BCUT2D eigenvalue weighted by Gasteiger charge is -2.27. The van der Waals surface area contributed by atoms with Gasteiger partial charge >= 0.3 is 6.16 Å². The number of aromatic hydroxyl groups is 1. The highest BCUT2D eigenvalue weighted by Crippen LogP contribution is 2.45. The Kier molecular flexibility index (Phi) is 3.71. The third kappa shape index (κ3) is 2.47. The molecule has 0 fully saturated rings. The minimum absolute atomic E-state index is 0.0992. The van der Waals surface area contributed by atoms with Crippen molar-refractivity contribution in [3.63, 3.8) is 0 Å². The first-order valence-electron chi connectivity index (χ1n) is 7.50. The largest absolute Gasteiger partial charge is 0.511 e. The molecule has 0 spiro atoms. The van der Waals surface area contributed by atoms with Crippen LogP contribution in [-0.4, -0.2) is 35.4 Å². The third-order valence-corrected chi connectivity index (χ3v) is 4.27. The summed E-state index contributed by atoms with van der Waals surface area (Å²) in [5.41, 5.74) is 3.16. The van der Waals surface area contributed by atoms with Gasteiger partial charge in [0.15, 0.2) is 5.75 Å². The number of nitrogens with zero attached hydrogens (tertiary/aromatic N) is 1. The van der Waals surface area contributed by atoms with Gasteiger partial charge in [-0.15, -0.1) is 0 Å². The number of anilines is 1. The summed E-state index contributed by atoms with van der Waals surface area (Å²) in [6.07, 6.45) is -0.980. The van der Waals surface area contributed by atoms with Gasteiger partial charge < -0.3 is 24.8 Å². The fraction of sp³-hybridized carbons (Fsp3) is 0.294. The fourth-order valence-electron chi connectivity index (χ4n) is 3.16. The topological polar surface area (TPSA) is 103 Å². The Morgan fingerprint density at radius 1 is 1.38 bits per heavy atom. The minimum atomic E-state index is -1.64. The Bertz CT molecular complexity index is 885. The van der Waals surface area contributed by atoms with E-state index in [2.05, 4.69) is 9.72 Å². The number of nitrogens with one attached hydrogen (secondary N) is 1. The fourth-order valence-corrected chi connectivity index (χ4v) is 3.16. The molecular weight excluding hydrogens is 312 g/mol. The van der Waals surface area contributed by atoms with Crippen LogP contribution >= 0.6 is 0 Å². The van der Waals surface area contributed by atoms with Crippen molar-refractivity contribution in [3.05, 3.63) is 39.7 Å². The van der Waals surface area contributed by atoms with Crippen molar-refractivity contribution in [2.24, 2.45) is 0 Å². The lowest BCUT2D eigenvalue weighted by atomic mass is 9.81. The zero-order chi connectivity index (χ0) is 17.6. The van der Waals surface area contributed by atoms with Gasteiger partial charge in [0.2, 0.25) is 5.75 Å². The molecule has 0 saturated heterocycles. The van der Waals surface area contributed by atoms with E-state index in [0.717, 1.165) is 16.8 Å². The molecule has 1 aliphatic carbocycles. The number of pyridine rings is 1. The number of ether oxygens (including phenoxy) is 1. The van der Waals surface area contributed by atoms with Crippen molar-refractivity contribution in [1.29, 1.82) is 0 Å². The van der Waals surface area contributed by atoms with Crippen LogP contribution in [0.15, 0.2) is 23.0 Å². The molecule has 0 amide bonds. The highest BCUT2D eigenvalue weighted by Gasteiger charge is 2.30. The van der Waals surface area contributed by atoms with Crippen LogP contribution in [0.1, 0.15) is 24.0 Å².